The molecule has 0 rings (SSSR count). The van der Waals surface area contributed by atoms with Crippen molar-refractivity contribution in [1.29, 1.82) is 0 Å². The lowest BCUT2D eigenvalue weighted by Crippen LogP contribution is -2.24. The third-order valence-electron chi connectivity index (χ3n) is 0.806. The molecule has 0 aliphatic carbocycles. The SMILES string of the molecule is CCOC(=O)NCC=CN=O. The third-order valence-corrected chi connectivity index (χ3v) is 0.806. The minimum atomic E-state index is -0.497. The molecule has 11 heavy (non-hydrogen) atoms. The molecule has 5 nitrogen and oxygen atoms in total. The summed E-state index contributed by atoms with van der Waals surface area (Å²) < 4.78 is 4.53. The molecule has 0 saturated heterocycles. The van der Waals surface area contributed by atoms with Crippen LogP contribution in [-0.4, -0.2) is 19.2 Å². The number of carbonyl (C=O) groups is 1. The zero-order valence-corrected chi connectivity index (χ0v) is 6.24. The number of carbonyl (C=O) groups excluding carboxylic acids is 1. The van der Waals surface area contributed by atoms with E-state index in [1.807, 2.05) is 0 Å². The summed E-state index contributed by atoms with van der Waals surface area (Å²) in [6, 6.07) is 0. The average molecular weight is 158 g/mol. The van der Waals surface area contributed by atoms with E-state index < -0.39 is 6.09 Å². The number of ether oxygens (including phenoxy) is 1. The topological polar surface area (TPSA) is 67.8 Å². The summed E-state index contributed by atoms with van der Waals surface area (Å²) in [6.45, 7) is 2.30. The van der Waals surface area contributed by atoms with Gasteiger partial charge in [0.05, 0.1) is 12.8 Å². The molecule has 0 aromatic rings. The van der Waals surface area contributed by atoms with E-state index >= 15 is 0 Å². The molecule has 0 unspecified atom stereocenters. The van der Waals surface area contributed by atoms with Gasteiger partial charge in [-0.3, -0.25) is 0 Å². The molecule has 62 valence electrons. The molecule has 0 aliphatic rings. The molecule has 0 heterocycles. The number of nitrogens with zero attached hydrogens (tertiary/aromatic N) is 1. The van der Waals surface area contributed by atoms with E-state index in [1.54, 1.807) is 6.92 Å². The fourth-order valence-corrected chi connectivity index (χ4v) is 0.420. The van der Waals surface area contributed by atoms with Crippen molar-refractivity contribution >= 4 is 6.09 Å². The van der Waals surface area contributed by atoms with Crippen molar-refractivity contribution in [2.45, 2.75) is 6.92 Å². The Balaban J connectivity index is 3.30. The van der Waals surface area contributed by atoms with Gasteiger partial charge >= 0.3 is 6.09 Å². The molecule has 0 fully saturated rings. The second kappa shape index (κ2) is 6.73. The van der Waals surface area contributed by atoms with Gasteiger partial charge in [0.2, 0.25) is 0 Å². The van der Waals surface area contributed by atoms with Gasteiger partial charge in [0.1, 0.15) is 0 Å². The molecule has 0 aliphatic heterocycles. The molecule has 5 heteroatoms. The molecule has 0 atom stereocenters. The van der Waals surface area contributed by atoms with Crippen molar-refractivity contribution in [3.63, 3.8) is 0 Å². The van der Waals surface area contributed by atoms with Crippen LogP contribution in [0.15, 0.2) is 17.5 Å². The van der Waals surface area contributed by atoms with Crippen molar-refractivity contribution in [3.8, 4) is 0 Å². The Hall–Kier alpha value is -1.39. The molecule has 0 saturated carbocycles. The van der Waals surface area contributed by atoms with Crippen LogP contribution in [0.4, 0.5) is 4.79 Å². The second-order valence-corrected chi connectivity index (χ2v) is 1.59. The largest absolute Gasteiger partial charge is 0.450 e. The van der Waals surface area contributed by atoms with Gasteiger partial charge in [-0.1, -0.05) is 0 Å². The Morgan fingerprint density at radius 3 is 3.00 bits per heavy atom. The van der Waals surface area contributed by atoms with Crippen molar-refractivity contribution in [2.75, 3.05) is 13.2 Å². The Morgan fingerprint density at radius 2 is 2.45 bits per heavy atom. The highest BCUT2D eigenvalue weighted by molar-refractivity contribution is 5.67. The number of nitroso groups, excluding NO2 is 1. The number of alkyl carbamates (subject to hydrolysis) is 1. The first-order valence-corrected chi connectivity index (χ1v) is 3.19. The van der Waals surface area contributed by atoms with E-state index in [9.17, 15) is 9.70 Å². The van der Waals surface area contributed by atoms with Gasteiger partial charge in [-0.2, -0.15) is 0 Å². The smallest absolute Gasteiger partial charge is 0.407 e. The molecule has 0 bridgehead atoms. The summed E-state index contributed by atoms with van der Waals surface area (Å²) in [5.41, 5.74) is 0. The summed E-state index contributed by atoms with van der Waals surface area (Å²) >= 11 is 0. The highest BCUT2D eigenvalue weighted by atomic mass is 16.5. The lowest BCUT2D eigenvalue weighted by Gasteiger charge is -2.00. The van der Waals surface area contributed by atoms with Crippen molar-refractivity contribution in [1.82, 2.24) is 5.32 Å². The molecule has 0 spiro atoms. The van der Waals surface area contributed by atoms with Gasteiger partial charge in [-0.25, -0.2) is 4.79 Å². The monoisotopic (exact) mass is 158 g/mol. The van der Waals surface area contributed by atoms with Crippen LogP contribution in [0.3, 0.4) is 0 Å². The van der Waals surface area contributed by atoms with Crippen LogP contribution < -0.4 is 5.32 Å². The number of hydrogen-bond acceptors (Lipinski definition) is 4. The van der Waals surface area contributed by atoms with Crippen LogP contribution >= 0.6 is 0 Å². The number of nitrogens with one attached hydrogen (secondary N) is 1. The van der Waals surface area contributed by atoms with Gasteiger partial charge in [-0.05, 0) is 18.2 Å². The highest BCUT2D eigenvalue weighted by Gasteiger charge is 1.94. The first-order valence-electron chi connectivity index (χ1n) is 3.19. The van der Waals surface area contributed by atoms with E-state index in [4.69, 9.17) is 0 Å². The normalized spacial score (nSPS) is 9.55. The maximum absolute atomic E-state index is 10.5. The lowest BCUT2D eigenvalue weighted by atomic mass is 10.6. The van der Waals surface area contributed by atoms with Gasteiger partial charge in [0.15, 0.2) is 0 Å². The molecule has 0 radical (unpaired) electrons. The van der Waals surface area contributed by atoms with E-state index in [-0.39, 0.29) is 6.54 Å². The molecule has 1 amide bonds. The van der Waals surface area contributed by atoms with E-state index in [1.165, 1.54) is 6.08 Å². The summed E-state index contributed by atoms with van der Waals surface area (Å²) in [6.07, 6.45) is 1.99. The Morgan fingerprint density at radius 1 is 1.73 bits per heavy atom. The maximum atomic E-state index is 10.5. The first kappa shape index (κ1) is 9.61. The zero-order chi connectivity index (χ0) is 8.53. The van der Waals surface area contributed by atoms with Gasteiger partial charge in [-0.15, -0.1) is 4.91 Å². The minimum Gasteiger partial charge on any atom is -0.450 e. The van der Waals surface area contributed by atoms with Crippen LogP contribution in [0.2, 0.25) is 0 Å². The van der Waals surface area contributed by atoms with E-state index in [0.717, 1.165) is 6.20 Å². The Bertz CT molecular complexity index is 156. The molecule has 1 N–H and O–H groups in total. The zero-order valence-electron chi connectivity index (χ0n) is 6.24. The predicted octanol–water partition coefficient (Wildman–Crippen LogP) is 1.01. The molecule has 0 aromatic heterocycles. The van der Waals surface area contributed by atoms with Gasteiger partial charge < -0.3 is 10.1 Å². The standard InChI is InChI=1S/C6H10N2O3/c1-2-11-6(9)7-4-3-5-8-10/h3,5H,2,4H2,1H3,(H,7,9). The quantitative estimate of drug-likeness (QED) is 0.621. The van der Waals surface area contributed by atoms with Crippen molar-refractivity contribution in [2.24, 2.45) is 5.18 Å². The summed E-state index contributed by atoms with van der Waals surface area (Å²) in [7, 11) is 0. The summed E-state index contributed by atoms with van der Waals surface area (Å²) in [4.78, 5) is 20.0. The Kier molecular flexibility index (Phi) is 5.88. The molecular formula is C6H10N2O3. The fourth-order valence-electron chi connectivity index (χ4n) is 0.420. The van der Waals surface area contributed by atoms with Gasteiger partial charge in [0.25, 0.3) is 0 Å². The van der Waals surface area contributed by atoms with Crippen LogP contribution in [0, 0.1) is 4.91 Å². The molecule has 0 aromatic carbocycles. The summed E-state index contributed by atoms with van der Waals surface area (Å²) in [5, 5.41) is 4.83. The number of hydrogen-bond donors (Lipinski definition) is 1. The van der Waals surface area contributed by atoms with Gasteiger partial charge in [0, 0.05) is 6.54 Å². The van der Waals surface area contributed by atoms with Crippen molar-refractivity contribution < 1.29 is 9.53 Å². The van der Waals surface area contributed by atoms with Crippen LogP contribution in [0.5, 0.6) is 0 Å². The maximum Gasteiger partial charge on any atom is 0.407 e. The third kappa shape index (κ3) is 6.50. The average Bonchev–Trinajstić information content (AvgIpc) is 1.99. The Labute approximate surface area is 64.4 Å². The molecular weight excluding hydrogens is 148 g/mol. The predicted molar refractivity (Wildman–Crippen MR) is 40.0 cm³/mol. The van der Waals surface area contributed by atoms with Crippen molar-refractivity contribution in [3.05, 3.63) is 17.2 Å². The van der Waals surface area contributed by atoms with Crippen LogP contribution in [-0.2, 0) is 4.74 Å². The minimum absolute atomic E-state index is 0.255. The van der Waals surface area contributed by atoms with Crippen LogP contribution in [0.1, 0.15) is 6.92 Å². The first-order chi connectivity index (χ1) is 5.31. The van der Waals surface area contributed by atoms with E-state index in [0.29, 0.717) is 6.61 Å². The fraction of sp³-hybridized carbons (Fsp3) is 0.500. The highest BCUT2D eigenvalue weighted by Crippen LogP contribution is 1.76. The number of rotatable bonds is 4. The van der Waals surface area contributed by atoms with E-state index in [2.05, 4.69) is 15.2 Å². The van der Waals surface area contributed by atoms with Crippen LogP contribution in [0.25, 0.3) is 0 Å². The second-order valence-electron chi connectivity index (χ2n) is 1.59. The summed E-state index contributed by atoms with van der Waals surface area (Å²) in [5.74, 6) is 0. The lowest BCUT2D eigenvalue weighted by molar-refractivity contribution is 0.153. The number of amides is 1.